The van der Waals surface area contributed by atoms with Crippen LogP contribution in [0.4, 0.5) is 11.8 Å². The highest BCUT2D eigenvalue weighted by atomic mass is 16.3. The van der Waals surface area contributed by atoms with Gasteiger partial charge in [-0.25, -0.2) is 4.98 Å². The Morgan fingerprint density at radius 3 is 2.48 bits per heavy atom. The first-order valence-electron chi connectivity index (χ1n) is 10.5. The number of aryl methyl sites for hydroxylation is 1. The lowest BCUT2D eigenvalue weighted by atomic mass is 9.79. The van der Waals surface area contributed by atoms with Gasteiger partial charge in [0, 0.05) is 58.1 Å². The fourth-order valence-corrected chi connectivity index (χ4v) is 4.54. The number of nitrogens with zero attached hydrogens (tertiary/aromatic N) is 5. The van der Waals surface area contributed by atoms with Crippen molar-refractivity contribution in [2.75, 3.05) is 63.6 Å². The molecule has 156 valence electrons. The molecular formula is C22H32N6O. The summed E-state index contributed by atoms with van der Waals surface area (Å²) < 4.78 is 0. The minimum absolute atomic E-state index is 0.00509. The molecular weight excluding hydrogens is 364 g/mol. The van der Waals surface area contributed by atoms with Gasteiger partial charge in [-0.15, -0.1) is 0 Å². The van der Waals surface area contributed by atoms with E-state index in [9.17, 15) is 5.11 Å². The van der Waals surface area contributed by atoms with Gasteiger partial charge in [0.15, 0.2) is 0 Å². The molecule has 3 heterocycles. The van der Waals surface area contributed by atoms with Crippen LogP contribution in [0, 0.1) is 6.92 Å². The van der Waals surface area contributed by atoms with E-state index < -0.39 is 5.60 Å². The van der Waals surface area contributed by atoms with Gasteiger partial charge in [0.2, 0.25) is 5.95 Å². The maximum Gasteiger partial charge on any atom is 0.227 e. The van der Waals surface area contributed by atoms with Crippen molar-refractivity contribution in [3.05, 3.63) is 47.7 Å². The number of piperidine rings is 1. The summed E-state index contributed by atoms with van der Waals surface area (Å²) in [4.78, 5) is 16.4. The number of hydrogen-bond donors (Lipinski definition) is 2. The molecule has 4 rings (SSSR count). The van der Waals surface area contributed by atoms with Gasteiger partial charge in [-0.05, 0) is 26.0 Å². The number of aliphatic hydroxyl groups is 1. The molecule has 7 heteroatoms. The Hall–Kier alpha value is -2.22. The van der Waals surface area contributed by atoms with E-state index in [1.807, 2.05) is 38.2 Å². The number of rotatable bonds is 4. The van der Waals surface area contributed by atoms with Crippen LogP contribution in [0.25, 0.3) is 0 Å². The van der Waals surface area contributed by atoms with Crippen LogP contribution in [0.5, 0.6) is 0 Å². The fourth-order valence-electron chi connectivity index (χ4n) is 4.54. The predicted molar refractivity (Wildman–Crippen MR) is 116 cm³/mol. The zero-order valence-electron chi connectivity index (χ0n) is 17.7. The summed E-state index contributed by atoms with van der Waals surface area (Å²) in [5.74, 6) is 1.57. The molecule has 0 radical (unpaired) electrons. The van der Waals surface area contributed by atoms with Crippen LogP contribution in [0.3, 0.4) is 0 Å². The van der Waals surface area contributed by atoms with Gasteiger partial charge in [0.1, 0.15) is 11.4 Å². The highest BCUT2D eigenvalue weighted by molar-refractivity contribution is 5.44. The molecule has 29 heavy (non-hydrogen) atoms. The van der Waals surface area contributed by atoms with Crippen LogP contribution in [-0.2, 0) is 5.60 Å². The van der Waals surface area contributed by atoms with Crippen LogP contribution in [0.2, 0.25) is 0 Å². The molecule has 2 atom stereocenters. The summed E-state index contributed by atoms with van der Waals surface area (Å²) in [5.41, 5.74) is 1.08. The average molecular weight is 397 g/mol. The molecule has 2 fully saturated rings. The number of likely N-dealkylation sites (N-methyl/N-ethyl adjacent to an activating group) is 1. The van der Waals surface area contributed by atoms with Gasteiger partial charge in [-0.2, -0.15) is 4.98 Å². The van der Waals surface area contributed by atoms with E-state index in [-0.39, 0.29) is 6.04 Å². The number of benzene rings is 1. The van der Waals surface area contributed by atoms with Crippen LogP contribution in [-0.4, -0.2) is 84.3 Å². The van der Waals surface area contributed by atoms with Crippen LogP contribution < -0.4 is 10.2 Å². The zero-order chi connectivity index (χ0) is 20.4. The van der Waals surface area contributed by atoms with Crippen molar-refractivity contribution < 1.29 is 5.11 Å². The van der Waals surface area contributed by atoms with E-state index in [0.29, 0.717) is 13.0 Å². The second-order valence-corrected chi connectivity index (χ2v) is 8.29. The highest BCUT2D eigenvalue weighted by Crippen LogP contribution is 2.37. The van der Waals surface area contributed by atoms with Gasteiger partial charge >= 0.3 is 0 Å². The zero-order valence-corrected chi connectivity index (χ0v) is 17.7. The quantitative estimate of drug-likeness (QED) is 0.813. The molecule has 2 aromatic rings. The van der Waals surface area contributed by atoms with Crippen molar-refractivity contribution in [3.8, 4) is 0 Å². The maximum atomic E-state index is 11.9. The number of piperazine rings is 1. The van der Waals surface area contributed by atoms with E-state index in [1.54, 1.807) is 0 Å². The normalized spacial score (nSPS) is 26.5. The summed E-state index contributed by atoms with van der Waals surface area (Å²) >= 11 is 0. The largest absolute Gasteiger partial charge is 0.383 e. The fraction of sp³-hybridized carbons (Fsp3) is 0.545. The molecule has 0 unspecified atom stereocenters. The third kappa shape index (κ3) is 4.08. The molecule has 2 aliphatic rings. The molecule has 2 aliphatic heterocycles. The molecule has 1 aromatic carbocycles. The molecule has 0 saturated carbocycles. The molecule has 1 aromatic heterocycles. The minimum Gasteiger partial charge on any atom is -0.383 e. The Kier molecular flexibility index (Phi) is 5.72. The summed E-state index contributed by atoms with van der Waals surface area (Å²) in [6, 6.07) is 12.1. The SMILES string of the molecule is CNc1cc(C)nc(N2CC[C@](O)(c3ccccc3)[C@H](N3CCN(C)CC3)C2)n1. The first kappa shape index (κ1) is 20.1. The Bertz CT molecular complexity index is 823. The third-order valence-corrected chi connectivity index (χ3v) is 6.34. The summed E-state index contributed by atoms with van der Waals surface area (Å²) in [6.07, 6.45) is 0.653. The molecule has 0 amide bonds. The van der Waals surface area contributed by atoms with Crippen LogP contribution >= 0.6 is 0 Å². The second-order valence-electron chi connectivity index (χ2n) is 8.29. The van der Waals surface area contributed by atoms with E-state index in [4.69, 9.17) is 0 Å². The number of aromatic nitrogens is 2. The van der Waals surface area contributed by atoms with E-state index in [2.05, 4.69) is 49.2 Å². The Morgan fingerprint density at radius 2 is 1.79 bits per heavy atom. The van der Waals surface area contributed by atoms with Crippen molar-refractivity contribution in [1.82, 2.24) is 19.8 Å². The van der Waals surface area contributed by atoms with Gasteiger partial charge in [0.25, 0.3) is 0 Å². The molecule has 2 N–H and O–H groups in total. The lowest BCUT2D eigenvalue weighted by Gasteiger charge is -2.51. The van der Waals surface area contributed by atoms with Crippen molar-refractivity contribution in [2.45, 2.75) is 25.0 Å². The van der Waals surface area contributed by atoms with Crippen LogP contribution in [0.15, 0.2) is 36.4 Å². The highest BCUT2D eigenvalue weighted by Gasteiger charge is 2.46. The van der Waals surface area contributed by atoms with Gasteiger partial charge < -0.3 is 20.2 Å². The molecule has 0 aliphatic carbocycles. The summed E-state index contributed by atoms with van der Waals surface area (Å²) in [7, 11) is 4.04. The predicted octanol–water partition coefficient (Wildman–Crippen LogP) is 1.54. The first-order chi connectivity index (χ1) is 14.0. The van der Waals surface area contributed by atoms with Crippen molar-refractivity contribution in [2.24, 2.45) is 0 Å². The average Bonchev–Trinajstić information content (AvgIpc) is 2.75. The van der Waals surface area contributed by atoms with Gasteiger partial charge in [-0.1, -0.05) is 30.3 Å². The lowest BCUT2D eigenvalue weighted by Crippen LogP contribution is -2.64. The maximum absolute atomic E-state index is 11.9. The Labute approximate surface area is 173 Å². The molecule has 0 spiro atoms. The van der Waals surface area contributed by atoms with Crippen molar-refractivity contribution in [1.29, 1.82) is 0 Å². The molecule has 7 nitrogen and oxygen atoms in total. The van der Waals surface area contributed by atoms with Gasteiger partial charge in [-0.3, -0.25) is 4.90 Å². The van der Waals surface area contributed by atoms with Crippen molar-refractivity contribution in [3.63, 3.8) is 0 Å². The molecule has 2 saturated heterocycles. The Morgan fingerprint density at radius 1 is 1.07 bits per heavy atom. The lowest BCUT2D eigenvalue weighted by molar-refractivity contribution is -0.0758. The standard InChI is InChI=1S/C22H32N6O/c1-17-15-20(23-2)25-21(24-17)28-10-9-22(29,18-7-5-4-6-8-18)19(16-28)27-13-11-26(3)12-14-27/h4-8,15,19,29H,9-14,16H2,1-3H3,(H,23,24,25)/t19-,22+/m1/s1. The van der Waals surface area contributed by atoms with Crippen molar-refractivity contribution >= 4 is 11.8 Å². The van der Waals surface area contributed by atoms with Crippen LogP contribution in [0.1, 0.15) is 17.7 Å². The Balaban J connectivity index is 1.65. The third-order valence-electron chi connectivity index (χ3n) is 6.34. The number of hydrogen-bond acceptors (Lipinski definition) is 7. The number of nitrogens with one attached hydrogen (secondary N) is 1. The monoisotopic (exact) mass is 396 g/mol. The minimum atomic E-state index is -0.872. The van der Waals surface area contributed by atoms with E-state index in [0.717, 1.165) is 55.7 Å². The smallest absolute Gasteiger partial charge is 0.227 e. The number of anilines is 2. The first-order valence-corrected chi connectivity index (χ1v) is 10.5. The van der Waals surface area contributed by atoms with E-state index >= 15 is 0 Å². The molecule has 0 bridgehead atoms. The van der Waals surface area contributed by atoms with E-state index in [1.165, 1.54) is 0 Å². The summed E-state index contributed by atoms with van der Waals surface area (Å²) in [5, 5.41) is 15.0. The topological polar surface area (TPSA) is 67.8 Å². The van der Waals surface area contributed by atoms with Gasteiger partial charge in [0.05, 0.1) is 6.04 Å². The second kappa shape index (κ2) is 8.26. The summed E-state index contributed by atoms with van der Waals surface area (Å²) in [6.45, 7) is 7.39.